The van der Waals surface area contributed by atoms with Crippen LogP contribution in [0.4, 0.5) is 10.5 Å². The molecule has 2 amide bonds. The average molecular weight is 755 g/mol. The summed E-state index contributed by atoms with van der Waals surface area (Å²) in [6, 6.07) is 28.2. The number of aliphatic carboxylic acids is 1. The number of benzene rings is 4. The number of hydrogen-bond acceptors (Lipinski definition) is 11. The molecular weight excluding hydrogens is 713 g/mol. The number of anilines is 1. The summed E-state index contributed by atoms with van der Waals surface area (Å²) in [6.07, 6.45) is -0.733. The Balaban J connectivity index is 1.30. The van der Waals surface area contributed by atoms with Gasteiger partial charge in [0.15, 0.2) is 18.1 Å². The van der Waals surface area contributed by atoms with E-state index >= 15 is 4.79 Å². The first-order chi connectivity index (χ1) is 26.0. The van der Waals surface area contributed by atoms with Gasteiger partial charge in [0.05, 0.1) is 25.0 Å². The van der Waals surface area contributed by atoms with E-state index in [0.29, 0.717) is 41.6 Å². The maximum absolute atomic E-state index is 15.2. The third-order valence-corrected chi connectivity index (χ3v) is 10.9. The third-order valence-electron chi connectivity index (χ3n) is 9.47. The summed E-state index contributed by atoms with van der Waals surface area (Å²) < 4.78 is 35.5. The van der Waals surface area contributed by atoms with E-state index < -0.39 is 47.7 Å². The van der Waals surface area contributed by atoms with Gasteiger partial charge in [0, 0.05) is 16.7 Å². The van der Waals surface area contributed by atoms with Crippen molar-refractivity contribution in [3.63, 3.8) is 0 Å². The molecule has 7 rings (SSSR count). The molecule has 282 valence electrons. The van der Waals surface area contributed by atoms with Gasteiger partial charge in [0.1, 0.15) is 23.6 Å². The fourth-order valence-electron chi connectivity index (χ4n) is 6.49. The molecule has 4 aromatic carbocycles. The van der Waals surface area contributed by atoms with E-state index in [0.717, 1.165) is 16.8 Å². The molecule has 0 aliphatic carbocycles. The Hall–Kier alpha value is -5.24. The molecule has 13 heteroatoms. The number of imide groups is 1. The number of carboxylic acids is 1. The van der Waals surface area contributed by atoms with Crippen molar-refractivity contribution in [3.8, 4) is 17.2 Å². The lowest BCUT2D eigenvalue weighted by Gasteiger charge is -2.44. The molecule has 12 nitrogen and oxygen atoms in total. The molecule has 54 heavy (non-hydrogen) atoms. The number of amides is 2. The Morgan fingerprint density at radius 2 is 1.63 bits per heavy atom. The van der Waals surface area contributed by atoms with Crippen LogP contribution < -0.4 is 19.5 Å². The number of hydrogen-bond donors (Lipinski definition) is 2. The van der Waals surface area contributed by atoms with Crippen molar-refractivity contribution >= 4 is 35.4 Å². The van der Waals surface area contributed by atoms with Crippen LogP contribution in [0.5, 0.6) is 17.2 Å². The molecule has 2 saturated heterocycles. The summed E-state index contributed by atoms with van der Waals surface area (Å²) >= 11 is 1.30. The van der Waals surface area contributed by atoms with E-state index in [-0.39, 0.29) is 24.6 Å². The molecule has 2 N–H and O–H groups in total. The van der Waals surface area contributed by atoms with Crippen molar-refractivity contribution in [1.29, 1.82) is 0 Å². The van der Waals surface area contributed by atoms with Gasteiger partial charge >= 0.3 is 12.1 Å². The van der Waals surface area contributed by atoms with Crippen molar-refractivity contribution in [2.45, 2.75) is 43.9 Å². The topological polar surface area (TPSA) is 142 Å². The quantitative estimate of drug-likeness (QED) is 0.144. The Kier molecular flexibility index (Phi) is 10.7. The number of rotatable bonds is 13. The zero-order valence-corrected chi connectivity index (χ0v) is 31.0. The Labute approximate surface area is 317 Å². The Morgan fingerprint density at radius 1 is 0.926 bits per heavy atom. The number of carbonyl (C=O) groups excluding carboxylic acids is 2. The van der Waals surface area contributed by atoms with Gasteiger partial charge in [-0.1, -0.05) is 74.0 Å². The first-order valence-corrected chi connectivity index (χ1v) is 18.7. The molecule has 2 fully saturated rings. The molecule has 0 radical (unpaired) electrons. The maximum Gasteiger partial charge on any atom is 0.417 e. The normalized spacial score (nSPS) is 19.4. The SMILES string of the molecule is Cc1ccc(NC(c2ccc(OCC(=O)O)cc2)C(SCC2(c3ccc4c(c3)OCO4)OCC(C)(C)CO2)C(=O)N2C(=O)OC[C@@H]2c2ccccc2)cc1. The lowest BCUT2D eigenvalue weighted by molar-refractivity contribution is -0.295. The highest BCUT2D eigenvalue weighted by Gasteiger charge is 2.48. The highest BCUT2D eigenvalue weighted by Crippen LogP contribution is 2.45. The van der Waals surface area contributed by atoms with Crippen molar-refractivity contribution in [3.05, 3.63) is 119 Å². The highest BCUT2D eigenvalue weighted by molar-refractivity contribution is 8.00. The zero-order chi connectivity index (χ0) is 37.9. The fourth-order valence-corrected chi connectivity index (χ4v) is 7.89. The van der Waals surface area contributed by atoms with Crippen molar-refractivity contribution < 1.29 is 47.9 Å². The van der Waals surface area contributed by atoms with Crippen LogP contribution in [0.3, 0.4) is 0 Å². The van der Waals surface area contributed by atoms with E-state index in [9.17, 15) is 9.59 Å². The summed E-state index contributed by atoms with van der Waals surface area (Å²) in [5.74, 6) is -1.16. The van der Waals surface area contributed by atoms with Crippen molar-refractivity contribution in [1.82, 2.24) is 4.90 Å². The number of aryl methyl sites for hydroxylation is 1. The van der Waals surface area contributed by atoms with Crippen LogP contribution >= 0.6 is 11.8 Å². The molecule has 3 aliphatic heterocycles. The summed E-state index contributed by atoms with van der Waals surface area (Å²) in [5, 5.41) is 11.8. The summed E-state index contributed by atoms with van der Waals surface area (Å²) in [4.78, 5) is 41.1. The first kappa shape index (κ1) is 37.1. The second-order valence-electron chi connectivity index (χ2n) is 14.2. The first-order valence-electron chi connectivity index (χ1n) is 17.6. The van der Waals surface area contributed by atoms with E-state index in [4.69, 9.17) is 33.5 Å². The molecular formula is C41H42N2O10S. The smallest absolute Gasteiger partial charge is 0.417 e. The lowest BCUT2D eigenvalue weighted by atomic mass is 9.93. The summed E-state index contributed by atoms with van der Waals surface area (Å²) in [7, 11) is 0. The molecule has 0 saturated carbocycles. The second-order valence-corrected chi connectivity index (χ2v) is 15.4. The molecule has 0 spiro atoms. The zero-order valence-electron chi connectivity index (χ0n) is 30.2. The largest absolute Gasteiger partial charge is 0.482 e. The van der Waals surface area contributed by atoms with Gasteiger partial charge in [0.2, 0.25) is 18.5 Å². The van der Waals surface area contributed by atoms with Gasteiger partial charge in [-0.15, -0.1) is 11.8 Å². The standard InChI is InChI=1S/C41H42N2O10S/c1-26-9-14-30(15-10-26)42-36(28-11-16-31(17-12-28)48-21-35(44)45)37(38(46)43-32(20-49-39(43)47)27-7-5-4-6-8-27)54-24-41(52-22-40(2,3)23-53-41)29-13-18-33-34(19-29)51-25-50-33/h4-19,32,36-37,42H,20-25H2,1-3H3,(H,44,45)/t32-,36?,37?/m1/s1. The molecule has 3 atom stereocenters. The maximum atomic E-state index is 15.2. The van der Waals surface area contributed by atoms with Gasteiger partial charge in [-0.2, -0.15) is 0 Å². The monoisotopic (exact) mass is 754 g/mol. The van der Waals surface area contributed by atoms with Crippen LogP contribution in [0.2, 0.25) is 0 Å². The lowest BCUT2D eigenvalue weighted by Crippen LogP contribution is -2.49. The van der Waals surface area contributed by atoms with Crippen LogP contribution in [0.15, 0.2) is 97.1 Å². The Bertz CT molecular complexity index is 1960. The second kappa shape index (κ2) is 15.6. The van der Waals surface area contributed by atoms with Gasteiger partial charge in [-0.25, -0.2) is 14.5 Å². The van der Waals surface area contributed by atoms with Gasteiger partial charge < -0.3 is 38.8 Å². The molecule has 0 aromatic heterocycles. The number of carbonyl (C=O) groups is 3. The van der Waals surface area contributed by atoms with Crippen molar-refractivity contribution in [2.24, 2.45) is 5.41 Å². The number of carboxylic acid groups (broad SMARTS) is 1. The van der Waals surface area contributed by atoms with Crippen LogP contribution in [-0.2, 0) is 29.6 Å². The third kappa shape index (κ3) is 8.13. The molecule has 4 aromatic rings. The van der Waals surface area contributed by atoms with Crippen molar-refractivity contribution in [2.75, 3.05) is 44.3 Å². The number of fused-ring (bicyclic) bond motifs is 1. The minimum absolute atomic E-state index is 0.0140. The van der Waals surface area contributed by atoms with Gasteiger partial charge in [0.25, 0.3) is 0 Å². The van der Waals surface area contributed by atoms with Crippen LogP contribution in [0.1, 0.15) is 48.2 Å². The average Bonchev–Trinajstić information content (AvgIpc) is 3.82. The van der Waals surface area contributed by atoms with E-state index in [1.807, 2.05) is 79.7 Å². The highest BCUT2D eigenvalue weighted by atomic mass is 32.2. The van der Waals surface area contributed by atoms with Crippen LogP contribution in [-0.4, -0.2) is 72.2 Å². The number of cyclic esters (lactones) is 1. The molecule has 3 aliphatic rings. The van der Waals surface area contributed by atoms with E-state index in [1.165, 1.54) is 16.7 Å². The van der Waals surface area contributed by atoms with E-state index in [2.05, 4.69) is 19.2 Å². The van der Waals surface area contributed by atoms with Gasteiger partial charge in [-0.3, -0.25) is 4.79 Å². The molecule has 3 heterocycles. The number of nitrogens with one attached hydrogen (secondary N) is 1. The summed E-state index contributed by atoms with van der Waals surface area (Å²) in [6.45, 7) is 6.50. The predicted octanol–water partition coefficient (Wildman–Crippen LogP) is 7.09. The molecule has 2 unspecified atom stereocenters. The molecule has 0 bridgehead atoms. The summed E-state index contributed by atoms with van der Waals surface area (Å²) in [5.41, 5.74) is 3.70. The van der Waals surface area contributed by atoms with Gasteiger partial charge in [-0.05, 0) is 60.5 Å². The van der Waals surface area contributed by atoms with E-state index in [1.54, 1.807) is 24.3 Å². The minimum Gasteiger partial charge on any atom is -0.482 e. The van der Waals surface area contributed by atoms with Crippen LogP contribution in [0.25, 0.3) is 0 Å². The minimum atomic E-state index is -1.28. The predicted molar refractivity (Wildman–Crippen MR) is 201 cm³/mol. The van der Waals surface area contributed by atoms with Crippen LogP contribution in [0, 0.1) is 12.3 Å². The number of nitrogens with zero attached hydrogens (tertiary/aromatic N) is 1. The number of ether oxygens (including phenoxy) is 6. The number of thioether (sulfide) groups is 1. The Morgan fingerprint density at radius 3 is 2.33 bits per heavy atom. The fraction of sp³-hybridized carbons (Fsp3) is 0.341.